The SMILES string of the molecule is O=C(Nc1cnn(Cc2ccc(F)cc2Cl)c1)c1ccc(COc2cccc3ccccc23)o1. The maximum atomic E-state index is 13.2. The van der Waals surface area contributed by atoms with Crippen molar-refractivity contribution in [2.75, 3.05) is 5.32 Å². The number of furan rings is 1. The zero-order chi connectivity index (χ0) is 23.5. The monoisotopic (exact) mass is 475 g/mol. The van der Waals surface area contributed by atoms with Crippen molar-refractivity contribution in [1.29, 1.82) is 0 Å². The first-order valence-electron chi connectivity index (χ1n) is 10.5. The van der Waals surface area contributed by atoms with Gasteiger partial charge in [0, 0.05) is 16.6 Å². The van der Waals surface area contributed by atoms with Gasteiger partial charge in [0.2, 0.25) is 0 Å². The Hall–Kier alpha value is -4.10. The van der Waals surface area contributed by atoms with E-state index in [1.807, 2.05) is 42.5 Å². The van der Waals surface area contributed by atoms with Crippen LogP contribution in [0.25, 0.3) is 10.8 Å². The van der Waals surface area contributed by atoms with Crippen LogP contribution in [0.1, 0.15) is 21.9 Å². The summed E-state index contributed by atoms with van der Waals surface area (Å²) in [5, 5.41) is 9.37. The van der Waals surface area contributed by atoms with Gasteiger partial charge >= 0.3 is 0 Å². The second-order valence-electron chi connectivity index (χ2n) is 7.65. The van der Waals surface area contributed by atoms with E-state index in [9.17, 15) is 9.18 Å². The second kappa shape index (κ2) is 9.41. The molecule has 0 bridgehead atoms. The minimum absolute atomic E-state index is 0.158. The molecular weight excluding hydrogens is 457 g/mol. The second-order valence-corrected chi connectivity index (χ2v) is 8.06. The van der Waals surface area contributed by atoms with Crippen LogP contribution in [0.4, 0.5) is 10.1 Å². The summed E-state index contributed by atoms with van der Waals surface area (Å²) in [7, 11) is 0. The topological polar surface area (TPSA) is 69.3 Å². The van der Waals surface area contributed by atoms with Crippen LogP contribution in [0, 0.1) is 5.82 Å². The van der Waals surface area contributed by atoms with Gasteiger partial charge in [-0.15, -0.1) is 0 Å². The number of ether oxygens (including phenoxy) is 1. The number of aromatic nitrogens is 2. The number of hydrogen-bond donors (Lipinski definition) is 1. The molecule has 5 rings (SSSR count). The number of fused-ring (bicyclic) bond motifs is 1. The van der Waals surface area contributed by atoms with Gasteiger partial charge in [0.05, 0.1) is 18.4 Å². The summed E-state index contributed by atoms with van der Waals surface area (Å²) < 4.78 is 26.4. The molecule has 5 aromatic rings. The van der Waals surface area contributed by atoms with Crippen molar-refractivity contribution >= 4 is 34.0 Å². The fourth-order valence-electron chi connectivity index (χ4n) is 3.58. The Balaban J connectivity index is 1.20. The maximum absolute atomic E-state index is 13.2. The van der Waals surface area contributed by atoms with Gasteiger partial charge in [-0.25, -0.2) is 4.39 Å². The number of carbonyl (C=O) groups excluding carboxylic acids is 1. The van der Waals surface area contributed by atoms with Crippen molar-refractivity contribution < 1.29 is 18.3 Å². The molecule has 2 heterocycles. The first-order chi connectivity index (χ1) is 16.5. The van der Waals surface area contributed by atoms with Gasteiger partial charge in [0.25, 0.3) is 5.91 Å². The number of nitrogens with zero attached hydrogens (tertiary/aromatic N) is 2. The summed E-state index contributed by atoms with van der Waals surface area (Å²) in [5.41, 5.74) is 1.21. The van der Waals surface area contributed by atoms with Gasteiger partial charge < -0.3 is 14.5 Å². The molecule has 8 heteroatoms. The van der Waals surface area contributed by atoms with Crippen molar-refractivity contribution in [3.05, 3.63) is 113 Å². The molecule has 6 nitrogen and oxygen atoms in total. The molecule has 0 saturated heterocycles. The zero-order valence-corrected chi connectivity index (χ0v) is 18.6. The molecule has 0 aliphatic rings. The lowest BCUT2D eigenvalue weighted by molar-refractivity contribution is 0.0992. The third-order valence-electron chi connectivity index (χ3n) is 5.24. The van der Waals surface area contributed by atoms with Crippen molar-refractivity contribution in [3.8, 4) is 5.75 Å². The fourth-order valence-corrected chi connectivity index (χ4v) is 3.81. The molecule has 0 atom stereocenters. The minimum Gasteiger partial charge on any atom is -0.485 e. The van der Waals surface area contributed by atoms with Crippen LogP contribution >= 0.6 is 11.6 Å². The minimum atomic E-state index is -0.407. The van der Waals surface area contributed by atoms with E-state index in [2.05, 4.69) is 10.4 Å². The van der Waals surface area contributed by atoms with Crippen LogP contribution in [-0.4, -0.2) is 15.7 Å². The number of anilines is 1. The van der Waals surface area contributed by atoms with Crippen LogP contribution in [0.5, 0.6) is 5.75 Å². The molecule has 1 N–H and O–H groups in total. The smallest absolute Gasteiger partial charge is 0.291 e. The van der Waals surface area contributed by atoms with Crippen molar-refractivity contribution in [2.24, 2.45) is 0 Å². The van der Waals surface area contributed by atoms with Crippen LogP contribution in [0.15, 0.2) is 89.6 Å². The lowest BCUT2D eigenvalue weighted by Crippen LogP contribution is -2.10. The summed E-state index contributed by atoms with van der Waals surface area (Å²) in [6.07, 6.45) is 3.17. The number of amides is 1. The molecule has 0 radical (unpaired) electrons. The number of nitrogens with one attached hydrogen (secondary N) is 1. The van der Waals surface area contributed by atoms with Crippen LogP contribution < -0.4 is 10.1 Å². The lowest BCUT2D eigenvalue weighted by atomic mass is 10.1. The largest absolute Gasteiger partial charge is 0.485 e. The standard InChI is InChI=1S/C26H19ClFN3O3/c27-23-12-19(28)9-8-18(23)14-31-15-20(13-29-31)30-26(32)25-11-10-21(34-25)16-33-24-7-3-5-17-4-1-2-6-22(17)24/h1-13,15H,14,16H2,(H,30,32). The van der Waals surface area contributed by atoms with Crippen LogP contribution in [0.2, 0.25) is 5.02 Å². The Labute approximate surface area is 199 Å². The van der Waals surface area contributed by atoms with Gasteiger partial charge in [-0.2, -0.15) is 5.10 Å². The van der Waals surface area contributed by atoms with E-state index in [4.69, 9.17) is 20.8 Å². The Morgan fingerprint density at radius 1 is 1.09 bits per heavy atom. The average Bonchev–Trinajstić information content (AvgIpc) is 3.49. The average molecular weight is 476 g/mol. The maximum Gasteiger partial charge on any atom is 0.291 e. The molecule has 2 aromatic heterocycles. The van der Waals surface area contributed by atoms with Crippen LogP contribution in [-0.2, 0) is 13.2 Å². The number of halogens is 2. The molecule has 0 spiro atoms. The molecule has 0 unspecified atom stereocenters. The van der Waals surface area contributed by atoms with E-state index in [0.29, 0.717) is 28.6 Å². The number of carbonyl (C=O) groups is 1. The lowest BCUT2D eigenvalue weighted by Gasteiger charge is -2.08. The summed E-state index contributed by atoms with van der Waals surface area (Å²) in [6, 6.07) is 21.3. The molecule has 0 aliphatic heterocycles. The highest BCUT2D eigenvalue weighted by atomic mass is 35.5. The highest BCUT2D eigenvalue weighted by molar-refractivity contribution is 6.31. The first-order valence-corrected chi connectivity index (χ1v) is 10.9. The highest BCUT2D eigenvalue weighted by Crippen LogP contribution is 2.26. The van der Waals surface area contributed by atoms with E-state index < -0.39 is 11.7 Å². The molecular formula is C26H19ClFN3O3. The van der Waals surface area contributed by atoms with E-state index in [1.54, 1.807) is 29.1 Å². The quantitative estimate of drug-likeness (QED) is 0.300. The Morgan fingerprint density at radius 3 is 2.82 bits per heavy atom. The molecule has 0 aliphatic carbocycles. The van der Waals surface area contributed by atoms with Gasteiger partial charge in [0.15, 0.2) is 5.76 Å². The van der Waals surface area contributed by atoms with E-state index >= 15 is 0 Å². The van der Waals surface area contributed by atoms with Gasteiger partial charge in [-0.1, -0.05) is 54.1 Å². The zero-order valence-electron chi connectivity index (χ0n) is 17.9. The summed E-state index contributed by atoms with van der Waals surface area (Å²) in [5.74, 6) is 0.623. The van der Waals surface area contributed by atoms with Gasteiger partial charge in [0.1, 0.15) is 23.9 Å². The van der Waals surface area contributed by atoms with Crippen molar-refractivity contribution in [2.45, 2.75) is 13.2 Å². The van der Waals surface area contributed by atoms with Crippen LogP contribution in [0.3, 0.4) is 0 Å². The van der Waals surface area contributed by atoms with Crippen molar-refractivity contribution in [1.82, 2.24) is 9.78 Å². The number of rotatable bonds is 7. The summed E-state index contributed by atoms with van der Waals surface area (Å²) in [6.45, 7) is 0.531. The Kier molecular flexibility index (Phi) is 6.01. The van der Waals surface area contributed by atoms with E-state index in [1.165, 1.54) is 18.3 Å². The third kappa shape index (κ3) is 4.79. The predicted molar refractivity (Wildman–Crippen MR) is 128 cm³/mol. The highest BCUT2D eigenvalue weighted by Gasteiger charge is 2.14. The predicted octanol–water partition coefficient (Wildman–Crippen LogP) is 6.30. The third-order valence-corrected chi connectivity index (χ3v) is 5.60. The Morgan fingerprint density at radius 2 is 1.94 bits per heavy atom. The fraction of sp³-hybridized carbons (Fsp3) is 0.0769. The van der Waals surface area contributed by atoms with Gasteiger partial charge in [-0.3, -0.25) is 9.48 Å². The normalized spacial score (nSPS) is 11.0. The molecule has 1 amide bonds. The molecule has 3 aromatic carbocycles. The molecule has 34 heavy (non-hydrogen) atoms. The number of benzene rings is 3. The van der Waals surface area contributed by atoms with E-state index in [0.717, 1.165) is 16.5 Å². The number of hydrogen-bond acceptors (Lipinski definition) is 4. The van der Waals surface area contributed by atoms with Crippen molar-refractivity contribution in [3.63, 3.8) is 0 Å². The molecule has 0 saturated carbocycles. The summed E-state index contributed by atoms with van der Waals surface area (Å²) >= 11 is 6.07. The first kappa shape index (κ1) is 21.7. The molecule has 0 fully saturated rings. The van der Waals surface area contributed by atoms with E-state index in [-0.39, 0.29) is 12.4 Å². The molecule has 170 valence electrons. The Bertz CT molecular complexity index is 1470. The summed E-state index contributed by atoms with van der Waals surface area (Å²) in [4.78, 5) is 12.6. The van der Waals surface area contributed by atoms with Gasteiger partial charge in [-0.05, 0) is 41.3 Å².